The molecule has 0 bridgehead atoms. The molecule has 20 heavy (non-hydrogen) atoms. The first-order valence-electron chi connectivity index (χ1n) is 7.30. The Morgan fingerprint density at radius 1 is 1.20 bits per heavy atom. The normalized spacial score (nSPS) is 14.2. The van der Waals surface area contributed by atoms with Crippen molar-refractivity contribution in [2.45, 2.75) is 39.2 Å². The van der Waals surface area contributed by atoms with Crippen LogP contribution in [0.15, 0.2) is 0 Å². The van der Waals surface area contributed by atoms with Gasteiger partial charge in [0.1, 0.15) is 0 Å². The Morgan fingerprint density at radius 2 is 1.85 bits per heavy atom. The van der Waals surface area contributed by atoms with Crippen LogP contribution in [-0.4, -0.2) is 68.8 Å². The van der Waals surface area contributed by atoms with Gasteiger partial charge in [0.2, 0.25) is 0 Å². The van der Waals surface area contributed by atoms with Gasteiger partial charge in [0.25, 0.3) is 10.2 Å². The number of nitrogens with zero attached hydrogens (tertiary/aromatic N) is 2. The van der Waals surface area contributed by atoms with Gasteiger partial charge in [0.05, 0.1) is 0 Å². The van der Waals surface area contributed by atoms with Crippen molar-refractivity contribution in [1.29, 1.82) is 0 Å². The van der Waals surface area contributed by atoms with Gasteiger partial charge in [0.15, 0.2) is 0 Å². The van der Waals surface area contributed by atoms with Gasteiger partial charge in [-0.05, 0) is 38.6 Å². The Kier molecular flexibility index (Phi) is 10.9. The maximum atomic E-state index is 12.4. The van der Waals surface area contributed by atoms with Crippen LogP contribution in [-0.2, 0) is 10.2 Å². The standard InChI is InChI=1S/C13H31N3O2S2/c1-6-9-14-10-8-11-15(3)20(17,18)16(4)13(7-2)12-19-5/h13-14H,6-12H2,1-5H3. The third-order valence-corrected chi connectivity index (χ3v) is 6.07. The van der Waals surface area contributed by atoms with Crippen LogP contribution in [0.5, 0.6) is 0 Å². The zero-order chi connectivity index (χ0) is 15.6. The molecule has 0 aromatic heterocycles. The van der Waals surface area contributed by atoms with Crippen LogP contribution in [0, 0.1) is 0 Å². The van der Waals surface area contributed by atoms with Crippen LogP contribution in [0.4, 0.5) is 0 Å². The summed E-state index contributed by atoms with van der Waals surface area (Å²) in [4.78, 5) is 0. The van der Waals surface area contributed by atoms with Gasteiger partial charge in [0, 0.05) is 32.4 Å². The average molecular weight is 326 g/mol. The van der Waals surface area contributed by atoms with Crippen molar-refractivity contribution >= 4 is 22.0 Å². The zero-order valence-electron chi connectivity index (χ0n) is 13.6. The molecule has 0 saturated heterocycles. The largest absolute Gasteiger partial charge is 0.317 e. The van der Waals surface area contributed by atoms with E-state index in [0.717, 1.165) is 38.1 Å². The predicted octanol–water partition coefficient (Wildman–Crippen LogP) is 1.63. The highest BCUT2D eigenvalue weighted by atomic mass is 32.2. The fourth-order valence-corrected chi connectivity index (χ4v) is 4.26. The van der Waals surface area contributed by atoms with Crippen LogP contribution in [0.2, 0.25) is 0 Å². The summed E-state index contributed by atoms with van der Waals surface area (Å²) >= 11 is 1.68. The summed E-state index contributed by atoms with van der Waals surface area (Å²) < 4.78 is 27.9. The van der Waals surface area contributed by atoms with E-state index in [-0.39, 0.29) is 6.04 Å². The molecular weight excluding hydrogens is 294 g/mol. The smallest absolute Gasteiger partial charge is 0.281 e. The van der Waals surface area contributed by atoms with Gasteiger partial charge in [-0.1, -0.05) is 13.8 Å². The molecule has 0 saturated carbocycles. The highest BCUT2D eigenvalue weighted by Crippen LogP contribution is 2.14. The molecule has 122 valence electrons. The number of hydrogen-bond donors (Lipinski definition) is 1. The van der Waals surface area contributed by atoms with E-state index in [1.807, 2.05) is 13.2 Å². The van der Waals surface area contributed by atoms with E-state index >= 15 is 0 Å². The van der Waals surface area contributed by atoms with Crippen molar-refractivity contribution in [1.82, 2.24) is 13.9 Å². The second kappa shape index (κ2) is 10.8. The summed E-state index contributed by atoms with van der Waals surface area (Å²) in [6.07, 6.45) is 4.78. The fraction of sp³-hybridized carbons (Fsp3) is 1.00. The molecule has 0 aliphatic rings. The first-order chi connectivity index (χ1) is 9.41. The molecule has 0 aliphatic heterocycles. The van der Waals surface area contributed by atoms with E-state index in [2.05, 4.69) is 12.2 Å². The SMILES string of the molecule is CCCNCCCN(C)S(=O)(=O)N(C)C(CC)CSC. The Balaban J connectivity index is 4.38. The molecule has 1 unspecified atom stereocenters. The molecule has 0 spiro atoms. The van der Waals surface area contributed by atoms with E-state index in [4.69, 9.17) is 0 Å². The lowest BCUT2D eigenvalue weighted by Gasteiger charge is -2.30. The lowest BCUT2D eigenvalue weighted by molar-refractivity contribution is 0.340. The maximum Gasteiger partial charge on any atom is 0.281 e. The van der Waals surface area contributed by atoms with Gasteiger partial charge in [-0.3, -0.25) is 0 Å². The zero-order valence-corrected chi connectivity index (χ0v) is 15.2. The lowest BCUT2D eigenvalue weighted by Crippen LogP contribution is -2.46. The van der Waals surface area contributed by atoms with Crippen LogP contribution in [0.25, 0.3) is 0 Å². The predicted molar refractivity (Wildman–Crippen MR) is 89.6 cm³/mol. The molecule has 0 aromatic carbocycles. The van der Waals surface area contributed by atoms with E-state index in [0.29, 0.717) is 6.54 Å². The monoisotopic (exact) mass is 325 g/mol. The Morgan fingerprint density at radius 3 is 2.35 bits per heavy atom. The van der Waals surface area contributed by atoms with Crippen LogP contribution >= 0.6 is 11.8 Å². The first kappa shape index (κ1) is 20.2. The number of hydrogen-bond acceptors (Lipinski definition) is 4. The summed E-state index contributed by atoms with van der Waals surface area (Å²) in [7, 11) is 0.0105. The summed E-state index contributed by atoms with van der Waals surface area (Å²) in [5, 5.41) is 3.29. The summed E-state index contributed by atoms with van der Waals surface area (Å²) in [5.74, 6) is 0.831. The van der Waals surface area contributed by atoms with Crippen molar-refractivity contribution in [2.75, 3.05) is 45.7 Å². The number of thioether (sulfide) groups is 1. The van der Waals surface area contributed by atoms with Crippen LogP contribution in [0.1, 0.15) is 33.1 Å². The minimum absolute atomic E-state index is 0.0654. The average Bonchev–Trinajstić information content (AvgIpc) is 2.43. The molecule has 1 N–H and O–H groups in total. The molecule has 0 amide bonds. The van der Waals surface area contributed by atoms with Crippen molar-refractivity contribution in [3.8, 4) is 0 Å². The van der Waals surface area contributed by atoms with E-state index in [1.165, 1.54) is 8.61 Å². The quantitative estimate of drug-likeness (QED) is 0.554. The van der Waals surface area contributed by atoms with E-state index in [1.54, 1.807) is 25.9 Å². The Labute approximate surface area is 129 Å². The topological polar surface area (TPSA) is 52.7 Å². The molecule has 0 fully saturated rings. The third-order valence-electron chi connectivity index (χ3n) is 3.36. The first-order valence-corrected chi connectivity index (χ1v) is 10.1. The highest BCUT2D eigenvalue weighted by Gasteiger charge is 2.28. The van der Waals surface area contributed by atoms with Crippen molar-refractivity contribution in [3.05, 3.63) is 0 Å². The maximum absolute atomic E-state index is 12.4. The van der Waals surface area contributed by atoms with Crippen LogP contribution < -0.4 is 5.32 Å². The van der Waals surface area contributed by atoms with Crippen molar-refractivity contribution < 1.29 is 8.42 Å². The number of nitrogens with one attached hydrogen (secondary N) is 1. The van der Waals surface area contributed by atoms with Gasteiger partial charge in [-0.2, -0.15) is 28.8 Å². The van der Waals surface area contributed by atoms with Crippen molar-refractivity contribution in [3.63, 3.8) is 0 Å². The molecule has 0 aromatic rings. The summed E-state index contributed by atoms with van der Waals surface area (Å²) in [5.41, 5.74) is 0. The Hall–Kier alpha value is 0.180. The molecule has 7 heteroatoms. The van der Waals surface area contributed by atoms with Gasteiger partial charge >= 0.3 is 0 Å². The van der Waals surface area contributed by atoms with Gasteiger partial charge in [-0.15, -0.1) is 0 Å². The van der Waals surface area contributed by atoms with Crippen LogP contribution in [0.3, 0.4) is 0 Å². The highest BCUT2D eigenvalue weighted by molar-refractivity contribution is 7.98. The summed E-state index contributed by atoms with van der Waals surface area (Å²) in [6.45, 7) is 6.55. The number of rotatable bonds is 12. The molecule has 5 nitrogen and oxygen atoms in total. The minimum Gasteiger partial charge on any atom is -0.317 e. The Bertz CT molecular complexity index is 337. The van der Waals surface area contributed by atoms with E-state index < -0.39 is 10.2 Å². The molecule has 0 heterocycles. The fourth-order valence-electron chi connectivity index (χ4n) is 1.92. The van der Waals surface area contributed by atoms with Gasteiger partial charge < -0.3 is 5.32 Å². The lowest BCUT2D eigenvalue weighted by atomic mass is 10.3. The molecule has 0 rings (SSSR count). The molecular formula is C13H31N3O2S2. The third kappa shape index (κ3) is 6.76. The molecule has 0 aliphatic carbocycles. The second-order valence-corrected chi connectivity index (χ2v) is 7.97. The van der Waals surface area contributed by atoms with E-state index in [9.17, 15) is 8.42 Å². The minimum atomic E-state index is -3.34. The second-order valence-electron chi connectivity index (χ2n) is 4.97. The van der Waals surface area contributed by atoms with Gasteiger partial charge in [-0.25, -0.2) is 0 Å². The molecule has 1 atom stereocenters. The summed E-state index contributed by atoms with van der Waals surface area (Å²) in [6, 6.07) is 0.0654. The molecule has 0 radical (unpaired) electrons. The van der Waals surface area contributed by atoms with Crippen molar-refractivity contribution in [2.24, 2.45) is 0 Å².